The molecule has 0 bridgehead atoms. The molecule has 1 saturated carbocycles. The lowest BCUT2D eigenvalue weighted by molar-refractivity contribution is -0.144. The molecular formula is C20H21ClFN3O5. The number of hydrogen-bond acceptors (Lipinski definition) is 6. The normalized spacial score (nSPS) is 28.3. The van der Waals surface area contributed by atoms with Gasteiger partial charge in [-0.3, -0.25) is 9.59 Å². The number of benzene rings is 1. The number of carbonyl (C=O) groups is 2. The molecule has 1 saturated heterocycles. The van der Waals surface area contributed by atoms with E-state index in [0.717, 1.165) is 0 Å². The predicted molar refractivity (Wildman–Crippen MR) is 104 cm³/mol. The number of fused-ring (bicyclic) bond motifs is 2. The van der Waals surface area contributed by atoms with Crippen LogP contribution in [0, 0.1) is 5.82 Å². The Kier molecular flexibility index (Phi) is 5.00. The first-order valence-electron chi connectivity index (χ1n) is 9.41. The summed E-state index contributed by atoms with van der Waals surface area (Å²) in [4.78, 5) is 28.2. The zero-order chi connectivity index (χ0) is 21.8. The van der Waals surface area contributed by atoms with Crippen molar-refractivity contribution >= 4 is 23.4 Å². The van der Waals surface area contributed by atoms with Gasteiger partial charge in [-0.05, 0) is 18.9 Å². The molecule has 1 aromatic rings. The fourth-order valence-electron chi connectivity index (χ4n) is 4.32. The van der Waals surface area contributed by atoms with E-state index in [-0.39, 0.29) is 28.4 Å². The second-order valence-corrected chi connectivity index (χ2v) is 8.34. The molecule has 2 aliphatic heterocycles. The van der Waals surface area contributed by atoms with Crippen molar-refractivity contribution in [2.24, 2.45) is 0 Å². The summed E-state index contributed by atoms with van der Waals surface area (Å²) >= 11 is 5.75. The average Bonchev–Trinajstić information content (AvgIpc) is 2.67. The highest BCUT2D eigenvalue weighted by atomic mass is 35.5. The smallest absolute Gasteiger partial charge is 0.273 e. The van der Waals surface area contributed by atoms with Gasteiger partial charge in [0.05, 0.1) is 22.2 Å². The number of halogens is 2. The van der Waals surface area contributed by atoms with Crippen LogP contribution in [0.5, 0.6) is 0 Å². The maximum absolute atomic E-state index is 14.1. The van der Waals surface area contributed by atoms with E-state index in [2.05, 4.69) is 5.32 Å². The van der Waals surface area contributed by atoms with E-state index in [1.54, 1.807) is 13.1 Å². The maximum Gasteiger partial charge on any atom is 0.273 e. The zero-order valence-electron chi connectivity index (χ0n) is 16.1. The molecule has 10 heteroatoms. The van der Waals surface area contributed by atoms with Gasteiger partial charge >= 0.3 is 0 Å². The Labute approximate surface area is 176 Å². The van der Waals surface area contributed by atoms with E-state index in [4.69, 9.17) is 11.6 Å². The minimum Gasteiger partial charge on any atom is -0.507 e. The quantitative estimate of drug-likeness (QED) is 0.556. The third kappa shape index (κ3) is 3.13. The molecule has 160 valence electrons. The monoisotopic (exact) mass is 437 g/mol. The van der Waals surface area contributed by atoms with Gasteiger partial charge in [0.1, 0.15) is 17.6 Å². The number of rotatable bonds is 3. The number of nitrogens with one attached hydrogen (secondary N) is 1. The van der Waals surface area contributed by atoms with Crippen LogP contribution in [0.15, 0.2) is 41.4 Å². The molecule has 0 radical (unpaired) electrons. The molecular weight excluding hydrogens is 417 g/mol. The minimum atomic E-state index is -1.71. The summed E-state index contributed by atoms with van der Waals surface area (Å²) in [6, 6.07) is 4.40. The van der Waals surface area contributed by atoms with Crippen LogP contribution in [0.1, 0.15) is 18.4 Å². The number of nitrogens with zero attached hydrogens (tertiary/aromatic N) is 2. The highest BCUT2D eigenvalue weighted by molar-refractivity contribution is 6.30. The van der Waals surface area contributed by atoms with Crippen molar-refractivity contribution in [2.75, 3.05) is 13.6 Å². The van der Waals surface area contributed by atoms with Gasteiger partial charge in [0, 0.05) is 31.9 Å². The molecule has 1 spiro atoms. The fourth-order valence-corrected chi connectivity index (χ4v) is 4.51. The standard InChI is InChI=1S/C20H21ClFN3O5/c1-24-9-20(5-11(26)6-20)25-8-12(16(27)17(28)15(25)19(24)30)18(29)23-7-10-3-2-4-13(21)14(10)22/h2-4,8,11,16,26-28H,5-7,9H2,1H3,(H,23,29)/t11-,16?,20-. The molecule has 0 aromatic heterocycles. The highest BCUT2D eigenvalue weighted by Gasteiger charge is 2.56. The van der Waals surface area contributed by atoms with E-state index in [1.165, 1.54) is 28.1 Å². The molecule has 30 heavy (non-hydrogen) atoms. The van der Waals surface area contributed by atoms with Crippen molar-refractivity contribution in [3.63, 3.8) is 0 Å². The van der Waals surface area contributed by atoms with Gasteiger partial charge in [-0.25, -0.2) is 4.39 Å². The van der Waals surface area contributed by atoms with Crippen LogP contribution in [0.4, 0.5) is 4.39 Å². The molecule has 1 atom stereocenters. The molecule has 3 aliphatic rings. The van der Waals surface area contributed by atoms with Crippen LogP contribution < -0.4 is 5.32 Å². The molecule has 1 aromatic carbocycles. The number of hydrogen-bond donors (Lipinski definition) is 4. The predicted octanol–water partition coefficient (Wildman–Crippen LogP) is 0.791. The zero-order valence-corrected chi connectivity index (χ0v) is 16.9. The third-order valence-corrected chi connectivity index (χ3v) is 6.15. The van der Waals surface area contributed by atoms with Crippen LogP contribution >= 0.6 is 11.6 Å². The van der Waals surface area contributed by atoms with E-state index in [0.29, 0.717) is 19.4 Å². The van der Waals surface area contributed by atoms with Crippen LogP contribution in [0.3, 0.4) is 0 Å². The molecule has 4 N–H and O–H groups in total. The van der Waals surface area contributed by atoms with Crippen molar-refractivity contribution in [3.8, 4) is 0 Å². The van der Waals surface area contributed by atoms with Crippen LogP contribution in [-0.2, 0) is 16.1 Å². The Morgan fingerprint density at radius 3 is 2.73 bits per heavy atom. The van der Waals surface area contributed by atoms with E-state index in [1.807, 2.05) is 0 Å². The maximum atomic E-state index is 14.1. The Balaban J connectivity index is 1.61. The summed E-state index contributed by atoms with van der Waals surface area (Å²) in [5, 5.41) is 33.3. The molecule has 2 amide bonds. The van der Waals surface area contributed by atoms with Gasteiger partial charge < -0.3 is 30.4 Å². The van der Waals surface area contributed by atoms with Crippen LogP contribution in [0.25, 0.3) is 0 Å². The first-order valence-corrected chi connectivity index (χ1v) is 9.79. The second kappa shape index (κ2) is 7.26. The SMILES string of the molecule is CN1C[C@]2(C[C@@H](O)C2)N2C=C(C(=O)NCc3cccc(Cl)c3F)C(O)C(O)=C2C1=O. The molecule has 1 unspecified atom stereocenters. The summed E-state index contributed by atoms with van der Waals surface area (Å²) < 4.78 is 14.1. The number of carbonyl (C=O) groups excluding carboxylic acids is 2. The van der Waals surface area contributed by atoms with Crippen molar-refractivity contribution < 1.29 is 29.3 Å². The first kappa shape index (κ1) is 20.6. The lowest BCUT2D eigenvalue weighted by Gasteiger charge is -2.58. The summed E-state index contributed by atoms with van der Waals surface area (Å²) in [6.07, 6.45) is -0.246. The van der Waals surface area contributed by atoms with E-state index in [9.17, 15) is 29.3 Å². The summed E-state index contributed by atoms with van der Waals surface area (Å²) in [7, 11) is 1.57. The van der Waals surface area contributed by atoms with Crippen molar-refractivity contribution in [1.82, 2.24) is 15.1 Å². The van der Waals surface area contributed by atoms with Crippen molar-refractivity contribution in [3.05, 3.63) is 57.8 Å². The summed E-state index contributed by atoms with van der Waals surface area (Å²) in [5.74, 6) is -2.51. The van der Waals surface area contributed by atoms with Crippen LogP contribution in [-0.4, -0.2) is 68.3 Å². The number of aliphatic hydroxyl groups excluding tert-OH is 3. The Hall–Kier alpha value is -2.62. The van der Waals surface area contributed by atoms with Gasteiger partial charge in [-0.15, -0.1) is 0 Å². The Bertz CT molecular complexity index is 989. The van der Waals surface area contributed by atoms with Gasteiger partial charge in [0.15, 0.2) is 5.76 Å². The van der Waals surface area contributed by atoms with E-state index >= 15 is 0 Å². The summed E-state index contributed by atoms with van der Waals surface area (Å²) in [6.45, 7) is 0.118. The summed E-state index contributed by atoms with van der Waals surface area (Å²) in [5.41, 5.74) is -0.802. The highest BCUT2D eigenvalue weighted by Crippen LogP contribution is 2.46. The molecule has 4 rings (SSSR count). The van der Waals surface area contributed by atoms with Crippen LogP contribution in [0.2, 0.25) is 5.02 Å². The number of likely N-dealkylation sites (N-methyl/N-ethyl adjacent to an activating group) is 1. The van der Waals surface area contributed by atoms with Gasteiger partial charge in [0.2, 0.25) is 0 Å². The number of aliphatic hydroxyl groups is 3. The lowest BCUT2D eigenvalue weighted by atomic mass is 9.70. The Morgan fingerprint density at radius 1 is 1.37 bits per heavy atom. The molecule has 2 heterocycles. The van der Waals surface area contributed by atoms with Gasteiger partial charge in [-0.1, -0.05) is 23.7 Å². The average molecular weight is 438 g/mol. The van der Waals surface area contributed by atoms with Crippen molar-refractivity contribution in [1.29, 1.82) is 0 Å². The number of amides is 2. The topological polar surface area (TPSA) is 113 Å². The van der Waals surface area contributed by atoms with Gasteiger partial charge in [0.25, 0.3) is 11.8 Å². The first-order chi connectivity index (χ1) is 14.1. The minimum absolute atomic E-state index is 0.0784. The largest absolute Gasteiger partial charge is 0.507 e. The third-order valence-electron chi connectivity index (χ3n) is 5.86. The van der Waals surface area contributed by atoms with E-state index < -0.39 is 41.1 Å². The second-order valence-electron chi connectivity index (χ2n) is 7.93. The molecule has 8 nitrogen and oxygen atoms in total. The number of piperazine rings is 1. The molecule has 2 fully saturated rings. The van der Waals surface area contributed by atoms with Crippen molar-refractivity contribution in [2.45, 2.75) is 37.1 Å². The fraction of sp³-hybridized carbons (Fsp3) is 0.400. The van der Waals surface area contributed by atoms with Gasteiger partial charge in [-0.2, -0.15) is 0 Å². The lowest BCUT2D eigenvalue weighted by Crippen LogP contribution is -2.68. The Morgan fingerprint density at radius 2 is 2.07 bits per heavy atom. The molecule has 1 aliphatic carbocycles.